The molecular weight excluding hydrogens is 792 g/mol. The lowest BCUT2D eigenvalue weighted by molar-refractivity contribution is -0.0303. The van der Waals surface area contributed by atoms with Crippen molar-refractivity contribution in [1.29, 1.82) is 0 Å². The molecule has 17 nitrogen and oxygen atoms in total. The van der Waals surface area contributed by atoms with Crippen molar-refractivity contribution in [2.45, 2.75) is 78.0 Å². The molecule has 5 heterocycles. The van der Waals surface area contributed by atoms with Gasteiger partial charge in [0.25, 0.3) is 11.5 Å². The molecule has 2 aliphatic rings. The molecule has 4 aromatic heterocycles. The molecule has 1 aliphatic carbocycles. The Labute approximate surface area is 335 Å². The number of carbonyl (C=O) groups excluding carboxylic acids is 1. The Bertz CT molecular complexity index is 2360. The summed E-state index contributed by atoms with van der Waals surface area (Å²) in [5.41, 5.74) is 1.26. The molecule has 57 heavy (non-hydrogen) atoms. The Balaban J connectivity index is 1.09. The maximum absolute atomic E-state index is 13.0. The molecule has 2 fully saturated rings. The van der Waals surface area contributed by atoms with Crippen LogP contribution >= 0.6 is 14.7 Å². The van der Waals surface area contributed by atoms with Crippen molar-refractivity contribution in [2.24, 2.45) is 23.7 Å². The third kappa shape index (κ3) is 8.74. The average Bonchev–Trinajstić information content (AvgIpc) is 3.95. The maximum atomic E-state index is 13.0. The number of carbonyl (C=O) groups is 1. The largest absolute Gasteiger partial charge is 0.695 e. The summed E-state index contributed by atoms with van der Waals surface area (Å²) in [6.07, 6.45) is 3.97. The molecule has 1 aromatic carbocycles. The second kappa shape index (κ2) is 17.1. The van der Waals surface area contributed by atoms with E-state index in [1.165, 1.54) is 6.33 Å². The monoisotopic (exact) mass is 840 g/mol. The highest BCUT2D eigenvalue weighted by Crippen LogP contribution is 2.54. The zero-order valence-electron chi connectivity index (χ0n) is 32.5. The molecule has 0 spiro atoms. The zero-order chi connectivity index (χ0) is 40.6. The number of imidazole rings is 1. The van der Waals surface area contributed by atoms with E-state index >= 15 is 0 Å². The summed E-state index contributed by atoms with van der Waals surface area (Å²) in [4.78, 5) is 56.6. The van der Waals surface area contributed by atoms with Crippen LogP contribution in [0, 0.1) is 23.7 Å². The third-order valence-corrected chi connectivity index (χ3v) is 13.0. The Morgan fingerprint density at radius 1 is 1.12 bits per heavy atom. The molecule has 7 rings (SSSR count). The quantitative estimate of drug-likeness (QED) is 0.0841. The highest BCUT2D eigenvalue weighted by Gasteiger charge is 2.49. The van der Waals surface area contributed by atoms with Crippen molar-refractivity contribution in [3.05, 3.63) is 71.2 Å². The summed E-state index contributed by atoms with van der Waals surface area (Å²) in [5, 5.41) is 6.73. The van der Waals surface area contributed by atoms with Crippen LogP contribution in [0.5, 0.6) is 0 Å². The highest BCUT2D eigenvalue weighted by atomic mass is 32.5. The molecule has 5 aromatic rings. The smallest absolute Gasteiger partial charge is 0.355 e. The van der Waals surface area contributed by atoms with Gasteiger partial charge in [-0.25, -0.2) is 15.0 Å². The summed E-state index contributed by atoms with van der Waals surface area (Å²) in [5.74, 6) is 0.0735. The number of benzene rings is 1. The van der Waals surface area contributed by atoms with Crippen LogP contribution < -0.4 is 16.2 Å². The van der Waals surface area contributed by atoms with Gasteiger partial charge in [0.2, 0.25) is 5.95 Å². The second-order valence-electron chi connectivity index (χ2n) is 15.2. The van der Waals surface area contributed by atoms with Crippen LogP contribution in [-0.2, 0) is 34.7 Å². The van der Waals surface area contributed by atoms with Crippen molar-refractivity contribution in [3.8, 4) is 0 Å². The number of nitrogens with zero attached hydrogens (tertiary/aromatic N) is 6. The van der Waals surface area contributed by atoms with E-state index in [9.17, 15) is 19.0 Å². The Hall–Kier alpha value is -3.99. The zero-order valence-corrected chi connectivity index (χ0v) is 35.1. The molecule has 1 saturated heterocycles. The topological polar surface area (TPSA) is 210 Å². The first-order chi connectivity index (χ1) is 27.2. The molecule has 0 radical (unpaired) electrons. The van der Waals surface area contributed by atoms with Crippen LogP contribution in [0.4, 0.5) is 11.8 Å². The average molecular weight is 841 g/mol. The van der Waals surface area contributed by atoms with Crippen molar-refractivity contribution in [1.82, 2.24) is 34.1 Å². The van der Waals surface area contributed by atoms with Gasteiger partial charge in [-0.2, -0.15) is 4.98 Å². The van der Waals surface area contributed by atoms with E-state index in [0.29, 0.717) is 59.3 Å². The van der Waals surface area contributed by atoms with Gasteiger partial charge in [-0.3, -0.25) is 19.1 Å². The van der Waals surface area contributed by atoms with E-state index in [4.69, 9.17) is 30.1 Å². The molecule has 304 valence electrons. The Morgan fingerprint density at radius 3 is 2.61 bits per heavy atom. The molecular formula is C37H48N9O8P2S+. The molecule has 2 unspecified atom stereocenters. The van der Waals surface area contributed by atoms with Crippen LogP contribution in [0.2, 0.25) is 0 Å². The van der Waals surface area contributed by atoms with Gasteiger partial charge in [-0.05, 0) is 48.8 Å². The highest BCUT2D eigenvalue weighted by molar-refractivity contribution is 8.09. The normalized spacial score (nSPS) is 26.3. The van der Waals surface area contributed by atoms with Crippen molar-refractivity contribution < 1.29 is 32.6 Å². The number of aromatic nitrogens is 7. The van der Waals surface area contributed by atoms with E-state index in [0.717, 1.165) is 0 Å². The van der Waals surface area contributed by atoms with Gasteiger partial charge in [0.05, 0.1) is 24.4 Å². The number of rotatable bonds is 15. The Kier molecular flexibility index (Phi) is 12.3. The SMILES string of the molecule is CC[C@H]1O[C@@H](n2cnc3c(=O)[nH]c(NCC(C)C)nc32)[C@H](OP(C)(=S)OC[C@H]2C[C@@H](n3ccc4c(NC(=O)c5ccccc5)ncnc43)[C@H](C)[C@@H]2O[P+](=O)O)[C@@H]1C. The maximum Gasteiger partial charge on any atom is 0.695 e. The van der Waals surface area contributed by atoms with E-state index in [1.807, 2.05) is 43.7 Å². The van der Waals surface area contributed by atoms with Crippen molar-refractivity contribution in [3.63, 3.8) is 0 Å². The predicted molar refractivity (Wildman–Crippen MR) is 219 cm³/mol. The molecule has 0 bridgehead atoms. The van der Waals surface area contributed by atoms with Gasteiger partial charge in [0, 0.05) is 53.3 Å². The molecule has 10 atom stereocenters. The summed E-state index contributed by atoms with van der Waals surface area (Å²) >= 11 is 6.03. The van der Waals surface area contributed by atoms with Gasteiger partial charge in [-0.15, -0.1) is 9.42 Å². The van der Waals surface area contributed by atoms with Gasteiger partial charge < -0.3 is 29.0 Å². The van der Waals surface area contributed by atoms with Crippen LogP contribution in [0.15, 0.2) is 60.0 Å². The second-order valence-corrected chi connectivity index (χ2v) is 19.9. The number of fused-ring (bicyclic) bond motifs is 2. The standard InChI is InChI=1S/C37H47N9O8P2S/c1-7-27-22(5)30(36(52-27)46-19-41-28-33(46)43-37(44-35(28)48)38-16-20(2)3)54-56(6,57)51-17-24-15-26(21(4)29(24)53-55(49)50)45-14-13-25-31(39-18-40-32(25)45)42-34(47)23-11-9-8-10-12-23/h8-14,18-22,24,26-27,29-30,36H,7,15-17H2,1-6H3,(H3-,38,39,40,42,43,44,47,48,49,50)/p+1/t21-,22+,24+,26+,27+,29-,30+,36+,56?/m0/s1. The molecule has 1 amide bonds. The van der Waals surface area contributed by atoms with Crippen LogP contribution in [0.25, 0.3) is 22.2 Å². The summed E-state index contributed by atoms with van der Waals surface area (Å²) in [6, 6.07) is 10.5. The lowest BCUT2D eigenvalue weighted by atomic mass is 9.99. The first-order valence-electron chi connectivity index (χ1n) is 19.0. The minimum absolute atomic E-state index is 0.0967. The van der Waals surface area contributed by atoms with E-state index in [2.05, 4.69) is 49.4 Å². The first kappa shape index (κ1) is 41.2. The summed E-state index contributed by atoms with van der Waals surface area (Å²) in [7, 11) is -2.92. The fourth-order valence-electron chi connectivity index (χ4n) is 7.90. The summed E-state index contributed by atoms with van der Waals surface area (Å²) < 4.78 is 41.2. The fourth-order valence-corrected chi connectivity index (χ4v) is 10.2. The number of aromatic amines is 1. The van der Waals surface area contributed by atoms with Gasteiger partial charge in [0.15, 0.2) is 23.9 Å². The Morgan fingerprint density at radius 2 is 1.89 bits per heavy atom. The van der Waals surface area contributed by atoms with E-state index in [1.54, 1.807) is 41.8 Å². The molecule has 1 saturated carbocycles. The number of hydrogen-bond donors (Lipinski definition) is 4. The number of nitrogens with one attached hydrogen (secondary N) is 3. The number of amides is 1. The lowest BCUT2D eigenvalue weighted by Crippen LogP contribution is -2.28. The molecule has 4 N–H and O–H groups in total. The number of anilines is 2. The van der Waals surface area contributed by atoms with Crippen LogP contribution in [0.1, 0.15) is 70.1 Å². The summed E-state index contributed by atoms with van der Waals surface area (Å²) in [6.45, 7) is 9.64. The fraction of sp³-hybridized carbons (Fsp3) is 0.514. The third-order valence-electron chi connectivity index (χ3n) is 10.8. The van der Waals surface area contributed by atoms with Crippen molar-refractivity contribution >= 4 is 66.4 Å². The van der Waals surface area contributed by atoms with Gasteiger partial charge in [0.1, 0.15) is 30.0 Å². The van der Waals surface area contributed by atoms with E-state index in [-0.39, 0.29) is 53.5 Å². The molecule has 20 heteroatoms. The molecule has 1 aliphatic heterocycles. The number of ether oxygens (including phenoxy) is 1. The predicted octanol–water partition coefficient (Wildman–Crippen LogP) is 6.40. The minimum Gasteiger partial charge on any atom is -0.355 e. The lowest BCUT2D eigenvalue weighted by Gasteiger charge is -2.29. The first-order valence-corrected chi connectivity index (χ1v) is 23.2. The van der Waals surface area contributed by atoms with Crippen molar-refractivity contribution in [2.75, 3.05) is 30.5 Å². The van der Waals surface area contributed by atoms with E-state index < -0.39 is 33.2 Å². The van der Waals surface area contributed by atoms with Crippen LogP contribution in [-0.4, -0.2) is 83.0 Å². The van der Waals surface area contributed by atoms with Gasteiger partial charge in [-0.1, -0.05) is 52.8 Å². The minimum atomic E-state index is -2.99. The number of H-pyrrole nitrogens is 1. The van der Waals surface area contributed by atoms with Crippen LogP contribution in [0.3, 0.4) is 0 Å². The van der Waals surface area contributed by atoms with Gasteiger partial charge >= 0.3 is 8.25 Å². The number of hydrogen-bond acceptors (Lipinski definition) is 13.